The van der Waals surface area contributed by atoms with Crippen LogP contribution in [0.2, 0.25) is 0 Å². The van der Waals surface area contributed by atoms with Gasteiger partial charge in [0, 0.05) is 35.1 Å². The fourth-order valence-corrected chi connectivity index (χ4v) is 2.58. The van der Waals surface area contributed by atoms with Crippen LogP contribution in [0.3, 0.4) is 0 Å². The van der Waals surface area contributed by atoms with Gasteiger partial charge in [-0.2, -0.15) is 0 Å². The number of hydrogen-bond donors (Lipinski definition) is 1. The van der Waals surface area contributed by atoms with Gasteiger partial charge < -0.3 is 5.32 Å². The van der Waals surface area contributed by atoms with Crippen LogP contribution in [-0.4, -0.2) is 16.5 Å². The molecule has 0 saturated heterocycles. The third kappa shape index (κ3) is 2.18. The Morgan fingerprint density at radius 2 is 1.94 bits per heavy atom. The van der Waals surface area contributed by atoms with Crippen LogP contribution in [0.15, 0.2) is 28.7 Å². The van der Waals surface area contributed by atoms with Gasteiger partial charge in [0.25, 0.3) is 0 Å². The molecule has 0 spiro atoms. The maximum absolute atomic E-state index is 4.62. The predicted octanol–water partition coefficient (Wildman–Crippen LogP) is 2.86. The monoisotopic (exact) mass is 303 g/mol. The summed E-state index contributed by atoms with van der Waals surface area (Å²) in [4.78, 5) is 9.18. The Morgan fingerprint density at radius 3 is 2.72 bits per heavy atom. The predicted molar refractivity (Wildman–Crippen MR) is 75.3 cm³/mol. The molecule has 0 fully saturated rings. The lowest BCUT2D eigenvalue weighted by atomic mass is 10.0. The summed E-state index contributed by atoms with van der Waals surface area (Å²) in [5, 5.41) is 3.39. The number of aromatic nitrogens is 2. The summed E-state index contributed by atoms with van der Waals surface area (Å²) in [6, 6.07) is 8.30. The highest BCUT2D eigenvalue weighted by Crippen LogP contribution is 2.26. The third-order valence-corrected chi connectivity index (χ3v) is 3.69. The van der Waals surface area contributed by atoms with Crippen molar-refractivity contribution in [3.05, 3.63) is 45.8 Å². The van der Waals surface area contributed by atoms with E-state index < -0.39 is 0 Å². The number of nitrogens with zero attached hydrogens (tertiary/aromatic N) is 2. The first kappa shape index (κ1) is 11.8. The second kappa shape index (κ2) is 4.78. The fourth-order valence-electron chi connectivity index (χ4n) is 2.31. The lowest BCUT2D eigenvalue weighted by Gasteiger charge is -2.19. The molecule has 0 bridgehead atoms. The molecule has 3 nitrogen and oxygen atoms in total. The molecule has 0 aliphatic carbocycles. The van der Waals surface area contributed by atoms with Crippen molar-refractivity contribution < 1.29 is 0 Å². The van der Waals surface area contributed by atoms with Gasteiger partial charge in [0.05, 0.1) is 11.4 Å². The molecule has 2 aromatic rings. The molecule has 1 N–H and O–H groups in total. The minimum atomic E-state index is 0.855. The van der Waals surface area contributed by atoms with Crippen molar-refractivity contribution in [3.63, 3.8) is 0 Å². The first-order valence-electron chi connectivity index (χ1n) is 6.07. The quantitative estimate of drug-likeness (QED) is 0.880. The molecule has 1 aliphatic rings. The van der Waals surface area contributed by atoms with Crippen molar-refractivity contribution in [1.29, 1.82) is 0 Å². The standard InChI is InChI=1S/C14H14BrN3/c1-9-17-13-6-7-16-8-12(13)14(18-9)10-2-4-11(15)5-3-10/h2-5,16H,6-8H2,1H3. The Kier molecular flexibility index (Phi) is 3.14. The molecule has 92 valence electrons. The van der Waals surface area contributed by atoms with Crippen molar-refractivity contribution in [2.24, 2.45) is 0 Å². The molecule has 18 heavy (non-hydrogen) atoms. The smallest absolute Gasteiger partial charge is 0.126 e. The summed E-state index contributed by atoms with van der Waals surface area (Å²) in [5.41, 5.74) is 4.66. The van der Waals surface area contributed by atoms with Crippen LogP contribution in [0.25, 0.3) is 11.3 Å². The van der Waals surface area contributed by atoms with E-state index in [0.717, 1.165) is 41.1 Å². The van der Waals surface area contributed by atoms with Gasteiger partial charge in [0.2, 0.25) is 0 Å². The minimum absolute atomic E-state index is 0.855. The van der Waals surface area contributed by atoms with Crippen LogP contribution < -0.4 is 5.32 Å². The number of rotatable bonds is 1. The van der Waals surface area contributed by atoms with Crippen LogP contribution in [0, 0.1) is 6.92 Å². The van der Waals surface area contributed by atoms with Gasteiger partial charge in [-0.3, -0.25) is 0 Å². The Balaban J connectivity index is 2.16. The molecule has 1 aromatic carbocycles. The summed E-state index contributed by atoms with van der Waals surface area (Å²) in [6.45, 7) is 3.83. The highest BCUT2D eigenvalue weighted by Gasteiger charge is 2.17. The van der Waals surface area contributed by atoms with Crippen LogP contribution in [0.5, 0.6) is 0 Å². The van der Waals surface area contributed by atoms with Crippen molar-refractivity contribution in [3.8, 4) is 11.3 Å². The molecule has 0 atom stereocenters. The van der Waals surface area contributed by atoms with Crippen molar-refractivity contribution >= 4 is 15.9 Å². The third-order valence-electron chi connectivity index (χ3n) is 3.16. The highest BCUT2D eigenvalue weighted by molar-refractivity contribution is 9.10. The summed E-state index contributed by atoms with van der Waals surface area (Å²) in [6.07, 6.45) is 0.988. The van der Waals surface area contributed by atoms with Crippen LogP contribution >= 0.6 is 15.9 Å². The Labute approximate surface area is 115 Å². The number of benzene rings is 1. The average Bonchev–Trinajstić information content (AvgIpc) is 2.38. The van der Waals surface area contributed by atoms with Crippen molar-refractivity contribution in [2.45, 2.75) is 19.9 Å². The first-order chi connectivity index (χ1) is 8.74. The van der Waals surface area contributed by atoms with E-state index in [0.29, 0.717) is 0 Å². The number of halogens is 1. The largest absolute Gasteiger partial charge is 0.312 e. The van der Waals surface area contributed by atoms with Gasteiger partial charge in [-0.15, -0.1) is 0 Å². The fraction of sp³-hybridized carbons (Fsp3) is 0.286. The zero-order valence-electron chi connectivity index (χ0n) is 10.2. The van der Waals surface area contributed by atoms with E-state index in [9.17, 15) is 0 Å². The first-order valence-corrected chi connectivity index (χ1v) is 6.86. The normalized spacial score (nSPS) is 14.3. The van der Waals surface area contributed by atoms with Gasteiger partial charge in [0.15, 0.2) is 0 Å². The van der Waals surface area contributed by atoms with E-state index in [1.54, 1.807) is 0 Å². The average molecular weight is 304 g/mol. The van der Waals surface area contributed by atoms with Gasteiger partial charge in [-0.05, 0) is 19.1 Å². The molecule has 2 heterocycles. The highest BCUT2D eigenvalue weighted by atomic mass is 79.9. The molecule has 0 amide bonds. The van der Waals surface area contributed by atoms with Crippen molar-refractivity contribution in [1.82, 2.24) is 15.3 Å². The van der Waals surface area contributed by atoms with Crippen LogP contribution in [-0.2, 0) is 13.0 Å². The molecular formula is C14H14BrN3. The Bertz CT molecular complexity index is 578. The zero-order chi connectivity index (χ0) is 12.5. The van der Waals surface area contributed by atoms with E-state index in [2.05, 4.69) is 55.5 Å². The minimum Gasteiger partial charge on any atom is -0.312 e. The maximum Gasteiger partial charge on any atom is 0.126 e. The SMILES string of the molecule is Cc1nc2c(c(-c3ccc(Br)cc3)n1)CNCC2. The van der Waals surface area contributed by atoms with E-state index in [-0.39, 0.29) is 0 Å². The summed E-state index contributed by atoms with van der Waals surface area (Å²) < 4.78 is 1.09. The van der Waals surface area contributed by atoms with Crippen LogP contribution in [0.1, 0.15) is 17.1 Å². The van der Waals surface area contributed by atoms with E-state index >= 15 is 0 Å². The Morgan fingerprint density at radius 1 is 1.17 bits per heavy atom. The second-order valence-electron chi connectivity index (χ2n) is 4.48. The molecule has 1 aliphatic heterocycles. The van der Waals surface area contributed by atoms with Gasteiger partial charge in [-0.1, -0.05) is 28.1 Å². The van der Waals surface area contributed by atoms with Gasteiger partial charge in [0.1, 0.15) is 5.82 Å². The molecule has 3 rings (SSSR count). The Hall–Kier alpha value is -1.26. The maximum atomic E-state index is 4.62. The molecular weight excluding hydrogens is 290 g/mol. The molecule has 4 heteroatoms. The number of aryl methyl sites for hydroxylation is 1. The molecule has 0 saturated carbocycles. The topological polar surface area (TPSA) is 37.8 Å². The summed E-state index contributed by atoms with van der Waals surface area (Å²) in [5.74, 6) is 0.855. The molecule has 0 unspecified atom stereocenters. The molecule has 0 radical (unpaired) electrons. The van der Waals surface area contributed by atoms with Gasteiger partial charge >= 0.3 is 0 Å². The van der Waals surface area contributed by atoms with Crippen molar-refractivity contribution in [2.75, 3.05) is 6.54 Å². The lowest BCUT2D eigenvalue weighted by molar-refractivity contribution is 0.624. The van der Waals surface area contributed by atoms with Gasteiger partial charge in [-0.25, -0.2) is 9.97 Å². The van der Waals surface area contributed by atoms with E-state index in [1.165, 1.54) is 11.3 Å². The van der Waals surface area contributed by atoms with E-state index in [1.807, 2.05) is 6.92 Å². The van der Waals surface area contributed by atoms with E-state index in [4.69, 9.17) is 0 Å². The second-order valence-corrected chi connectivity index (χ2v) is 5.39. The van der Waals surface area contributed by atoms with Crippen LogP contribution in [0.4, 0.5) is 0 Å². The molecule has 1 aromatic heterocycles. The number of nitrogens with one attached hydrogen (secondary N) is 1. The summed E-state index contributed by atoms with van der Waals surface area (Å²) >= 11 is 3.46. The zero-order valence-corrected chi connectivity index (χ0v) is 11.8. The lowest BCUT2D eigenvalue weighted by Crippen LogP contribution is -2.26. The number of hydrogen-bond acceptors (Lipinski definition) is 3. The number of fused-ring (bicyclic) bond motifs is 1. The summed E-state index contributed by atoms with van der Waals surface area (Å²) in [7, 11) is 0.